The van der Waals surface area contributed by atoms with E-state index in [1.807, 2.05) is 13.8 Å². The van der Waals surface area contributed by atoms with Crippen molar-refractivity contribution in [2.45, 2.75) is 37.6 Å². The molecule has 1 aromatic rings. The van der Waals surface area contributed by atoms with Gasteiger partial charge in [-0.25, -0.2) is 17.5 Å². The zero-order chi connectivity index (χ0) is 15.2. The van der Waals surface area contributed by atoms with Crippen LogP contribution in [0.1, 0.15) is 32.3 Å². The Hall–Kier alpha value is -1.42. The fourth-order valence-corrected chi connectivity index (χ4v) is 3.15. The molecule has 0 radical (unpaired) electrons. The molecule has 0 amide bonds. The summed E-state index contributed by atoms with van der Waals surface area (Å²) in [5.74, 6) is 4.43. The van der Waals surface area contributed by atoms with Crippen molar-refractivity contribution < 1.29 is 12.8 Å². The van der Waals surface area contributed by atoms with Gasteiger partial charge in [-0.2, -0.15) is 0 Å². The fraction of sp³-hybridized carbons (Fsp3) is 0.429. The van der Waals surface area contributed by atoms with Crippen molar-refractivity contribution in [2.75, 3.05) is 6.54 Å². The molecule has 0 aromatic heterocycles. The summed E-state index contributed by atoms with van der Waals surface area (Å²) in [6.45, 7) is 3.91. The first-order valence-electron chi connectivity index (χ1n) is 6.45. The highest BCUT2D eigenvalue weighted by molar-refractivity contribution is 7.89. The third kappa shape index (κ3) is 4.30. The second-order valence-electron chi connectivity index (χ2n) is 4.29. The topological polar surface area (TPSA) is 72.2 Å². The molecule has 3 N–H and O–H groups in total. The molecule has 1 aromatic carbocycles. The van der Waals surface area contributed by atoms with Crippen LogP contribution >= 0.6 is 0 Å². The van der Waals surface area contributed by atoms with Crippen molar-refractivity contribution in [2.24, 2.45) is 5.73 Å². The lowest BCUT2D eigenvalue weighted by atomic mass is 10.2. The second-order valence-corrected chi connectivity index (χ2v) is 5.97. The summed E-state index contributed by atoms with van der Waals surface area (Å²) in [7, 11) is -3.85. The van der Waals surface area contributed by atoms with E-state index in [9.17, 15) is 12.8 Å². The van der Waals surface area contributed by atoms with Gasteiger partial charge in [0.1, 0.15) is 10.7 Å². The number of hydrogen-bond acceptors (Lipinski definition) is 3. The highest BCUT2D eigenvalue weighted by Gasteiger charge is 2.21. The maximum Gasteiger partial charge on any atom is 0.243 e. The zero-order valence-electron chi connectivity index (χ0n) is 11.6. The lowest BCUT2D eigenvalue weighted by Gasteiger charge is -2.15. The van der Waals surface area contributed by atoms with Crippen molar-refractivity contribution >= 4 is 10.0 Å². The van der Waals surface area contributed by atoms with Crippen molar-refractivity contribution in [3.8, 4) is 11.8 Å². The summed E-state index contributed by atoms with van der Waals surface area (Å²) in [6, 6.07) is 3.59. The predicted molar refractivity (Wildman–Crippen MR) is 77.0 cm³/mol. The van der Waals surface area contributed by atoms with Gasteiger partial charge in [-0.05, 0) is 31.0 Å². The van der Waals surface area contributed by atoms with Gasteiger partial charge in [-0.1, -0.05) is 25.7 Å². The smallest absolute Gasteiger partial charge is 0.243 e. The molecule has 0 saturated carbocycles. The van der Waals surface area contributed by atoms with E-state index >= 15 is 0 Å². The van der Waals surface area contributed by atoms with Crippen LogP contribution in [-0.2, 0) is 10.0 Å². The van der Waals surface area contributed by atoms with Gasteiger partial charge in [-0.3, -0.25) is 0 Å². The number of hydrogen-bond donors (Lipinski definition) is 2. The first-order chi connectivity index (χ1) is 9.44. The van der Waals surface area contributed by atoms with Gasteiger partial charge in [0.05, 0.1) is 6.54 Å². The van der Waals surface area contributed by atoms with E-state index in [0.29, 0.717) is 18.4 Å². The van der Waals surface area contributed by atoms with E-state index in [0.717, 1.165) is 6.07 Å². The molecule has 0 aliphatic carbocycles. The summed E-state index contributed by atoms with van der Waals surface area (Å²) in [5.41, 5.74) is 5.62. The van der Waals surface area contributed by atoms with Crippen molar-refractivity contribution in [1.82, 2.24) is 4.72 Å². The number of benzene rings is 1. The maximum absolute atomic E-state index is 13.9. The van der Waals surface area contributed by atoms with Crippen LogP contribution < -0.4 is 10.5 Å². The number of halogens is 1. The molecule has 4 nitrogen and oxygen atoms in total. The first kappa shape index (κ1) is 16.6. The molecule has 1 rings (SSSR count). The Labute approximate surface area is 119 Å². The average Bonchev–Trinajstić information content (AvgIpc) is 2.42. The lowest BCUT2D eigenvalue weighted by molar-refractivity contribution is 0.520. The number of nitrogens with one attached hydrogen (secondary N) is 1. The maximum atomic E-state index is 13.9. The Kier molecular flexibility index (Phi) is 6.14. The summed E-state index contributed by atoms with van der Waals surface area (Å²) in [4.78, 5) is -0.359. The summed E-state index contributed by atoms with van der Waals surface area (Å²) < 4.78 is 40.6. The van der Waals surface area contributed by atoms with Gasteiger partial charge in [0.15, 0.2) is 0 Å². The van der Waals surface area contributed by atoms with E-state index in [1.165, 1.54) is 12.1 Å². The number of sulfonamides is 1. The average molecular weight is 298 g/mol. The fourth-order valence-electron chi connectivity index (χ4n) is 1.69. The van der Waals surface area contributed by atoms with Crippen LogP contribution in [0.5, 0.6) is 0 Å². The highest BCUT2D eigenvalue weighted by Crippen LogP contribution is 2.17. The van der Waals surface area contributed by atoms with Gasteiger partial charge in [0.2, 0.25) is 10.0 Å². The van der Waals surface area contributed by atoms with Crippen LogP contribution in [0.15, 0.2) is 23.1 Å². The number of rotatable bonds is 5. The molecule has 0 atom stereocenters. The van der Waals surface area contributed by atoms with Crippen LogP contribution in [0.2, 0.25) is 0 Å². The Balaban J connectivity index is 3.07. The van der Waals surface area contributed by atoms with Gasteiger partial charge < -0.3 is 5.73 Å². The summed E-state index contributed by atoms with van der Waals surface area (Å²) >= 11 is 0. The quantitative estimate of drug-likeness (QED) is 0.811. The SMILES string of the molecule is CCC(CC)NS(=O)(=O)c1ccc(C#CCN)cc1F. The van der Waals surface area contributed by atoms with Crippen molar-refractivity contribution in [3.63, 3.8) is 0 Å². The molecule has 0 bridgehead atoms. The Morgan fingerprint density at radius 3 is 2.50 bits per heavy atom. The second kappa shape index (κ2) is 7.39. The molecular weight excluding hydrogens is 279 g/mol. The third-order valence-corrected chi connectivity index (χ3v) is 4.42. The third-order valence-electron chi connectivity index (χ3n) is 2.86. The minimum Gasteiger partial charge on any atom is -0.320 e. The minimum absolute atomic E-state index is 0.165. The Morgan fingerprint density at radius 1 is 1.35 bits per heavy atom. The van der Waals surface area contributed by atoms with Crippen LogP contribution in [-0.4, -0.2) is 21.0 Å². The zero-order valence-corrected chi connectivity index (χ0v) is 12.4. The molecule has 110 valence electrons. The van der Waals surface area contributed by atoms with Crippen LogP contribution in [0.4, 0.5) is 4.39 Å². The standard InChI is InChI=1S/C14H19FN2O2S/c1-3-12(4-2)17-20(18,19)14-8-7-11(6-5-9-16)10-13(14)15/h7-8,10,12,17H,3-4,9,16H2,1-2H3. The van der Waals surface area contributed by atoms with Crippen molar-refractivity contribution in [1.29, 1.82) is 0 Å². The lowest BCUT2D eigenvalue weighted by Crippen LogP contribution is -2.34. The molecule has 0 unspecified atom stereocenters. The molecule has 0 fully saturated rings. The number of nitrogens with two attached hydrogens (primary N) is 1. The molecule has 6 heteroatoms. The van der Waals surface area contributed by atoms with Crippen LogP contribution in [0.25, 0.3) is 0 Å². The van der Waals surface area contributed by atoms with E-state index in [1.54, 1.807) is 0 Å². The first-order valence-corrected chi connectivity index (χ1v) is 7.93. The van der Waals surface area contributed by atoms with Crippen molar-refractivity contribution in [3.05, 3.63) is 29.6 Å². The molecule has 0 spiro atoms. The van der Waals surface area contributed by atoms with Gasteiger partial charge in [0, 0.05) is 11.6 Å². The summed E-state index contributed by atoms with van der Waals surface area (Å²) in [6.07, 6.45) is 1.30. The van der Waals surface area contributed by atoms with Gasteiger partial charge in [-0.15, -0.1) is 0 Å². The molecule has 20 heavy (non-hydrogen) atoms. The Bertz CT molecular complexity index is 614. The highest BCUT2D eigenvalue weighted by atomic mass is 32.2. The molecular formula is C14H19FN2O2S. The van der Waals surface area contributed by atoms with E-state index in [4.69, 9.17) is 5.73 Å². The molecule has 0 aliphatic heterocycles. The molecule has 0 saturated heterocycles. The van der Waals surface area contributed by atoms with Gasteiger partial charge >= 0.3 is 0 Å². The van der Waals surface area contributed by atoms with Gasteiger partial charge in [0.25, 0.3) is 0 Å². The van der Waals surface area contributed by atoms with Crippen LogP contribution in [0, 0.1) is 17.7 Å². The monoisotopic (exact) mass is 298 g/mol. The normalized spacial score (nSPS) is 11.2. The Morgan fingerprint density at radius 2 is 2.00 bits per heavy atom. The predicted octanol–water partition coefficient (Wildman–Crippen LogP) is 1.60. The van der Waals surface area contributed by atoms with E-state index in [2.05, 4.69) is 16.6 Å². The van der Waals surface area contributed by atoms with Crippen LogP contribution in [0.3, 0.4) is 0 Å². The molecule has 0 aliphatic rings. The van der Waals surface area contributed by atoms with E-state index in [-0.39, 0.29) is 17.5 Å². The summed E-state index contributed by atoms with van der Waals surface area (Å²) in [5, 5.41) is 0. The minimum atomic E-state index is -3.85. The van der Waals surface area contributed by atoms with E-state index < -0.39 is 15.8 Å². The molecule has 0 heterocycles. The largest absolute Gasteiger partial charge is 0.320 e.